The lowest BCUT2D eigenvalue weighted by Crippen LogP contribution is -2.16. The minimum Gasteiger partial charge on any atom is -0.497 e. The normalized spacial score (nSPS) is 11.8. The van der Waals surface area contributed by atoms with E-state index in [0.717, 1.165) is 5.56 Å². The number of esters is 1. The maximum absolute atomic E-state index is 11.9. The van der Waals surface area contributed by atoms with Gasteiger partial charge in [0.15, 0.2) is 0 Å². The molecule has 0 bridgehead atoms. The van der Waals surface area contributed by atoms with Crippen LogP contribution in [0.25, 0.3) is 0 Å². The molecule has 100 valence electrons. The molecule has 0 radical (unpaired) electrons. The van der Waals surface area contributed by atoms with Gasteiger partial charge >= 0.3 is 5.97 Å². The Morgan fingerprint density at radius 3 is 2.44 bits per heavy atom. The van der Waals surface area contributed by atoms with E-state index in [4.69, 9.17) is 14.2 Å². The molecule has 0 aliphatic heterocycles. The zero-order valence-electron chi connectivity index (χ0n) is 11.4. The van der Waals surface area contributed by atoms with Crippen LogP contribution in [0, 0.1) is 0 Å². The molecule has 18 heavy (non-hydrogen) atoms. The molecular weight excluding hydrogens is 232 g/mol. The number of carbonyl (C=O) groups excluding carboxylic acids is 1. The lowest BCUT2D eigenvalue weighted by atomic mass is 9.95. The van der Waals surface area contributed by atoms with E-state index in [2.05, 4.69) is 0 Å². The lowest BCUT2D eigenvalue weighted by Gasteiger charge is -2.17. The Balaban J connectivity index is 3.13. The van der Waals surface area contributed by atoms with Crippen LogP contribution < -0.4 is 9.47 Å². The minimum absolute atomic E-state index is 0.230. The fraction of sp³-hybridized carbons (Fsp3) is 0.500. The Hall–Kier alpha value is -1.71. The molecule has 0 saturated heterocycles. The molecule has 0 spiro atoms. The third-order valence-corrected chi connectivity index (χ3v) is 2.79. The van der Waals surface area contributed by atoms with E-state index in [1.54, 1.807) is 33.3 Å². The van der Waals surface area contributed by atoms with E-state index in [1.807, 2.05) is 13.0 Å². The van der Waals surface area contributed by atoms with Crippen molar-refractivity contribution < 1.29 is 19.0 Å². The van der Waals surface area contributed by atoms with Gasteiger partial charge in [-0.05, 0) is 31.5 Å². The van der Waals surface area contributed by atoms with Crippen LogP contribution in [0.15, 0.2) is 18.2 Å². The van der Waals surface area contributed by atoms with E-state index in [1.165, 1.54) is 0 Å². The Kier molecular flexibility index (Phi) is 5.49. The Morgan fingerprint density at radius 2 is 1.94 bits per heavy atom. The van der Waals surface area contributed by atoms with Crippen LogP contribution in [0.2, 0.25) is 0 Å². The van der Waals surface area contributed by atoms with Gasteiger partial charge in [-0.3, -0.25) is 4.79 Å². The Bertz CT molecular complexity index is 401. The quantitative estimate of drug-likeness (QED) is 0.730. The number of hydrogen-bond acceptors (Lipinski definition) is 4. The van der Waals surface area contributed by atoms with Gasteiger partial charge in [-0.25, -0.2) is 0 Å². The van der Waals surface area contributed by atoms with Crippen LogP contribution in [-0.2, 0) is 9.53 Å². The number of ether oxygens (including phenoxy) is 3. The van der Waals surface area contributed by atoms with Gasteiger partial charge in [0.1, 0.15) is 11.5 Å². The summed E-state index contributed by atoms with van der Waals surface area (Å²) in [5, 5.41) is 0. The fourth-order valence-electron chi connectivity index (χ4n) is 1.87. The smallest absolute Gasteiger partial charge is 0.313 e. The SMILES string of the molecule is CCOC(=O)C(CC)c1cc(OC)ccc1OC. The summed E-state index contributed by atoms with van der Waals surface area (Å²) in [5.41, 5.74) is 0.804. The highest BCUT2D eigenvalue weighted by molar-refractivity contribution is 5.79. The summed E-state index contributed by atoms with van der Waals surface area (Å²) in [4.78, 5) is 11.9. The highest BCUT2D eigenvalue weighted by atomic mass is 16.5. The molecule has 1 aromatic rings. The molecule has 0 aromatic heterocycles. The molecule has 0 amide bonds. The molecule has 0 saturated carbocycles. The van der Waals surface area contributed by atoms with E-state index in [0.29, 0.717) is 24.5 Å². The number of carbonyl (C=O) groups is 1. The highest BCUT2D eigenvalue weighted by Gasteiger charge is 2.24. The monoisotopic (exact) mass is 252 g/mol. The first-order valence-electron chi connectivity index (χ1n) is 6.06. The molecule has 1 atom stereocenters. The molecule has 0 aliphatic carbocycles. The van der Waals surface area contributed by atoms with Gasteiger partial charge in [0.25, 0.3) is 0 Å². The molecule has 0 N–H and O–H groups in total. The largest absolute Gasteiger partial charge is 0.497 e. The molecular formula is C14H20O4. The first-order chi connectivity index (χ1) is 8.67. The number of rotatable bonds is 6. The maximum Gasteiger partial charge on any atom is 0.313 e. The summed E-state index contributed by atoms with van der Waals surface area (Å²) in [5.74, 6) is 0.825. The third kappa shape index (κ3) is 3.15. The van der Waals surface area contributed by atoms with Crippen molar-refractivity contribution in [1.82, 2.24) is 0 Å². The van der Waals surface area contributed by atoms with Crippen LogP contribution in [0.1, 0.15) is 31.7 Å². The van der Waals surface area contributed by atoms with Gasteiger partial charge in [0.05, 0.1) is 26.7 Å². The van der Waals surface area contributed by atoms with Crippen molar-refractivity contribution in [3.8, 4) is 11.5 Å². The van der Waals surface area contributed by atoms with E-state index < -0.39 is 0 Å². The molecule has 1 unspecified atom stereocenters. The van der Waals surface area contributed by atoms with Crippen molar-refractivity contribution in [2.45, 2.75) is 26.2 Å². The third-order valence-electron chi connectivity index (χ3n) is 2.79. The molecule has 1 aromatic carbocycles. The summed E-state index contributed by atoms with van der Waals surface area (Å²) < 4.78 is 15.6. The van der Waals surface area contributed by atoms with Crippen LogP contribution in [0.5, 0.6) is 11.5 Å². The summed E-state index contributed by atoms with van der Waals surface area (Å²) in [6.45, 7) is 4.12. The fourth-order valence-corrected chi connectivity index (χ4v) is 1.87. The second-order valence-electron chi connectivity index (χ2n) is 3.82. The number of benzene rings is 1. The summed E-state index contributed by atoms with van der Waals surface area (Å²) in [6, 6.07) is 5.43. The second-order valence-corrected chi connectivity index (χ2v) is 3.82. The topological polar surface area (TPSA) is 44.8 Å². The van der Waals surface area contributed by atoms with Gasteiger partial charge in [-0.1, -0.05) is 6.92 Å². The van der Waals surface area contributed by atoms with Gasteiger partial charge in [0, 0.05) is 5.56 Å². The average molecular weight is 252 g/mol. The van der Waals surface area contributed by atoms with Gasteiger partial charge in [0.2, 0.25) is 0 Å². The van der Waals surface area contributed by atoms with E-state index in [-0.39, 0.29) is 11.9 Å². The summed E-state index contributed by atoms with van der Waals surface area (Å²) in [6.07, 6.45) is 0.655. The van der Waals surface area contributed by atoms with Crippen LogP contribution in [0.3, 0.4) is 0 Å². The zero-order valence-corrected chi connectivity index (χ0v) is 11.4. The van der Waals surface area contributed by atoms with Gasteiger partial charge in [-0.15, -0.1) is 0 Å². The first kappa shape index (κ1) is 14.4. The van der Waals surface area contributed by atoms with Crippen molar-refractivity contribution in [3.63, 3.8) is 0 Å². The summed E-state index contributed by atoms with van der Waals surface area (Å²) in [7, 11) is 3.18. The Morgan fingerprint density at radius 1 is 1.22 bits per heavy atom. The standard InChI is InChI=1S/C14H20O4/c1-5-11(14(15)18-6-2)12-9-10(16-3)7-8-13(12)17-4/h7-9,11H,5-6H2,1-4H3. The maximum atomic E-state index is 11.9. The lowest BCUT2D eigenvalue weighted by molar-refractivity contribution is -0.145. The van der Waals surface area contributed by atoms with E-state index >= 15 is 0 Å². The van der Waals surface area contributed by atoms with Crippen LogP contribution in [-0.4, -0.2) is 26.8 Å². The van der Waals surface area contributed by atoms with Gasteiger partial charge in [-0.2, -0.15) is 0 Å². The highest BCUT2D eigenvalue weighted by Crippen LogP contribution is 2.33. The predicted octanol–water partition coefficient (Wildman–Crippen LogP) is 2.76. The Labute approximate surface area is 108 Å². The average Bonchev–Trinajstić information content (AvgIpc) is 2.39. The molecule has 0 aliphatic rings. The van der Waals surface area contributed by atoms with Crippen molar-refractivity contribution >= 4 is 5.97 Å². The second kappa shape index (κ2) is 6.89. The minimum atomic E-state index is -0.324. The van der Waals surface area contributed by atoms with Crippen LogP contribution in [0.4, 0.5) is 0 Å². The van der Waals surface area contributed by atoms with E-state index in [9.17, 15) is 4.79 Å². The van der Waals surface area contributed by atoms with Crippen molar-refractivity contribution in [1.29, 1.82) is 0 Å². The molecule has 4 nitrogen and oxygen atoms in total. The zero-order chi connectivity index (χ0) is 13.5. The van der Waals surface area contributed by atoms with Gasteiger partial charge < -0.3 is 14.2 Å². The number of hydrogen-bond donors (Lipinski definition) is 0. The molecule has 4 heteroatoms. The summed E-state index contributed by atoms with van der Waals surface area (Å²) >= 11 is 0. The molecule has 1 rings (SSSR count). The molecule has 0 fully saturated rings. The van der Waals surface area contributed by atoms with Crippen molar-refractivity contribution in [2.75, 3.05) is 20.8 Å². The van der Waals surface area contributed by atoms with Crippen molar-refractivity contribution in [3.05, 3.63) is 23.8 Å². The van der Waals surface area contributed by atoms with Crippen LogP contribution >= 0.6 is 0 Å². The molecule has 0 heterocycles. The number of methoxy groups -OCH3 is 2. The van der Waals surface area contributed by atoms with Crippen molar-refractivity contribution in [2.24, 2.45) is 0 Å². The first-order valence-corrected chi connectivity index (χ1v) is 6.06. The predicted molar refractivity (Wildman–Crippen MR) is 69.2 cm³/mol.